The van der Waals surface area contributed by atoms with Gasteiger partial charge in [-0.3, -0.25) is 4.79 Å². The standard InChI is InChI=1S/C21H25ClN2O2/c1-16(26-20-11-5-9-18(22)13-20)21(25)24(15-19-10-6-12-23-19)14-17-7-3-2-4-8-17/h2-5,7-9,11,13,16,19,23H,6,10,12,14-15H2,1H3/t16?,19-/m1/s1. The molecule has 0 saturated carbocycles. The van der Waals surface area contributed by atoms with Crippen LogP contribution in [0, 0.1) is 0 Å². The second kappa shape index (κ2) is 9.06. The van der Waals surface area contributed by atoms with Crippen LogP contribution in [-0.2, 0) is 11.3 Å². The minimum absolute atomic E-state index is 0.0115. The number of hydrogen-bond donors (Lipinski definition) is 1. The third-order valence-electron chi connectivity index (χ3n) is 4.59. The maximum atomic E-state index is 13.1. The number of nitrogens with one attached hydrogen (secondary N) is 1. The zero-order chi connectivity index (χ0) is 18.4. The van der Waals surface area contributed by atoms with Crippen molar-refractivity contribution in [1.82, 2.24) is 10.2 Å². The summed E-state index contributed by atoms with van der Waals surface area (Å²) >= 11 is 6.01. The highest BCUT2D eigenvalue weighted by atomic mass is 35.5. The van der Waals surface area contributed by atoms with Crippen LogP contribution >= 0.6 is 11.6 Å². The molecule has 1 aliphatic rings. The molecule has 0 spiro atoms. The molecule has 1 heterocycles. The van der Waals surface area contributed by atoms with E-state index >= 15 is 0 Å². The van der Waals surface area contributed by atoms with Crippen molar-refractivity contribution in [3.63, 3.8) is 0 Å². The largest absolute Gasteiger partial charge is 0.481 e. The highest BCUT2D eigenvalue weighted by Gasteiger charge is 2.26. The summed E-state index contributed by atoms with van der Waals surface area (Å²) in [6.45, 7) is 4.09. The Balaban J connectivity index is 1.69. The van der Waals surface area contributed by atoms with Crippen molar-refractivity contribution in [2.45, 2.75) is 38.5 Å². The molecule has 0 radical (unpaired) electrons. The monoisotopic (exact) mass is 372 g/mol. The van der Waals surface area contributed by atoms with Crippen molar-refractivity contribution >= 4 is 17.5 Å². The minimum Gasteiger partial charge on any atom is -0.481 e. The lowest BCUT2D eigenvalue weighted by Gasteiger charge is -2.29. The second-order valence-corrected chi connectivity index (χ2v) is 7.15. The molecule has 0 bridgehead atoms. The summed E-state index contributed by atoms with van der Waals surface area (Å²) in [6.07, 6.45) is 1.69. The summed E-state index contributed by atoms with van der Waals surface area (Å²) in [6, 6.07) is 17.6. The van der Waals surface area contributed by atoms with E-state index in [1.54, 1.807) is 19.1 Å². The van der Waals surface area contributed by atoms with Crippen LogP contribution < -0.4 is 10.1 Å². The average Bonchev–Trinajstić information content (AvgIpc) is 3.14. The first kappa shape index (κ1) is 18.7. The van der Waals surface area contributed by atoms with Crippen molar-refractivity contribution < 1.29 is 9.53 Å². The summed E-state index contributed by atoms with van der Waals surface area (Å²) in [4.78, 5) is 15.0. The van der Waals surface area contributed by atoms with Crippen LogP contribution in [0.5, 0.6) is 5.75 Å². The molecule has 5 heteroatoms. The van der Waals surface area contributed by atoms with Gasteiger partial charge in [-0.15, -0.1) is 0 Å². The van der Waals surface area contributed by atoms with E-state index < -0.39 is 6.10 Å². The van der Waals surface area contributed by atoms with Crippen molar-refractivity contribution in [2.24, 2.45) is 0 Å². The van der Waals surface area contributed by atoms with E-state index in [-0.39, 0.29) is 5.91 Å². The fourth-order valence-electron chi connectivity index (χ4n) is 3.27. The molecule has 2 aromatic carbocycles. The SMILES string of the molecule is CC(Oc1cccc(Cl)c1)C(=O)N(Cc1ccccc1)C[C@H]1CCCN1. The first-order valence-corrected chi connectivity index (χ1v) is 9.48. The summed E-state index contributed by atoms with van der Waals surface area (Å²) in [5.41, 5.74) is 1.12. The highest BCUT2D eigenvalue weighted by Crippen LogP contribution is 2.20. The predicted molar refractivity (Wildman–Crippen MR) is 104 cm³/mol. The predicted octanol–water partition coefficient (Wildman–Crippen LogP) is 3.89. The van der Waals surface area contributed by atoms with Gasteiger partial charge in [0.15, 0.2) is 6.10 Å². The Labute approximate surface area is 160 Å². The fourth-order valence-corrected chi connectivity index (χ4v) is 3.45. The molecule has 1 aliphatic heterocycles. The van der Waals surface area contributed by atoms with E-state index in [9.17, 15) is 4.79 Å². The number of rotatable bonds is 7. The van der Waals surface area contributed by atoms with E-state index in [4.69, 9.17) is 16.3 Å². The van der Waals surface area contributed by atoms with Gasteiger partial charge < -0.3 is 15.0 Å². The number of carbonyl (C=O) groups is 1. The van der Waals surface area contributed by atoms with Gasteiger partial charge in [0.1, 0.15) is 5.75 Å². The molecule has 0 aromatic heterocycles. The van der Waals surface area contributed by atoms with Gasteiger partial charge >= 0.3 is 0 Å². The summed E-state index contributed by atoms with van der Waals surface area (Å²) < 4.78 is 5.84. The zero-order valence-corrected chi connectivity index (χ0v) is 15.8. The molecule has 1 unspecified atom stereocenters. The van der Waals surface area contributed by atoms with Gasteiger partial charge in [-0.1, -0.05) is 48.0 Å². The Bertz CT molecular complexity index is 717. The fraction of sp³-hybridized carbons (Fsp3) is 0.381. The van der Waals surface area contributed by atoms with Gasteiger partial charge in [-0.05, 0) is 50.1 Å². The van der Waals surface area contributed by atoms with Crippen molar-refractivity contribution in [1.29, 1.82) is 0 Å². The van der Waals surface area contributed by atoms with Crippen LogP contribution in [0.1, 0.15) is 25.3 Å². The Morgan fingerprint density at radius 3 is 2.77 bits per heavy atom. The molecule has 4 nitrogen and oxygen atoms in total. The Morgan fingerprint density at radius 1 is 1.27 bits per heavy atom. The molecule has 26 heavy (non-hydrogen) atoms. The molecule has 1 amide bonds. The molecule has 2 atom stereocenters. The maximum absolute atomic E-state index is 13.1. The van der Waals surface area contributed by atoms with Crippen LogP contribution in [0.15, 0.2) is 54.6 Å². The molecular weight excluding hydrogens is 348 g/mol. The van der Waals surface area contributed by atoms with E-state index in [1.165, 1.54) is 0 Å². The van der Waals surface area contributed by atoms with Gasteiger partial charge in [0, 0.05) is 24.2 Å². The second-order valence-electron chi connectivity index (χ2n) is 6.72. The molecule has 1 N–H and O–H groups in total. The molecule has 3 rings (SSSR count). The maximum Gasteiger partial charge on any atom is 0.263 e. The quantitative estimate of drug-likeness (QED) is 0.801. The number of halogens is 1. The van der Waals surface area contributed by atoms with E-state index in [2.05, 4.69) is 5.32 Å². The average molecular weight is 373 g/mol. The Hall–Kier alpha value is -2.04. The van der Waals surface area contributed by atoms with E-state index in [1.807, 2.05) is 47.4 Å². The number of benzene rings is 2. The number of ether oxygens (including phenoxy) is 1. The molecule has 2 aromatic rings. The van der Waals surface area contributed by atoms with Gasteiger partial charge in [-0.25, -0.2) is 0 Å². The summed E-state index contributed by atoms with van der Waals surface area (Å²) in [7, 11) is 0. The van der Waals surface area contributed by atoms with Crippen molar-refractivity contribution in [2.75, 3.05) is 13.1 Å². The van der Waals surface area contributed by atoms with Crippen LogP contribution in [-0.4, -0.2) is 36.0 Å². The molecular formula is C21H25ClN2O2. The van der Waals surface area contributed by atoms with Crippen LogP contribution in [0.25, 0.3) is 0 Å². The lowest BCUT2D eigenvalue weighted by molar-refractivity contribution is -0.139. The number of nitrogens with zero attached hydrogens (tertiary/aromatic N) is 1. The highest BCUT2D eigenvalue weighted by molar-refractivity contribution is 6.30. The number of amides is 1. The Morgan fingerprint density at radius 2 is 2.08 bits per heavy atom. The van der Waals surface area contributed by atoms with Crippen LogP contribution in [0.2, 0.25) is 5.02 Å². The Kier molecular flexibility index (Phi) is 6.53. The number of hydrogen-bond acceptors (Lipinski definition) is 3. The molecule has 1 saturated heterocycles. The summed E-state index contributed by atoms with van der Waals surface area (Å²) in [5.74, 6) is 0.597. The zero-order valence-electron chi connectivity index (χ0n) is 15.0. The lowest BCUT2D eigenvalue weighted by Crippen LogP contribution is -2.45. The molecule has 138 valence electrons. The van der Waals surface area contributed by atoms with Crippen LogP contribution in [0.3, 0.4) is 0 Å². The first-order chi connectivity index (χ1) is 12.6. The third-order valence-corrected chi connectivity index (χ3v) is 4.82. The van der Waals surface area contributed by atoms with Crippen molar-refractivity contribution in [3.8, 4) is 5.75 Å². The van der Waals surface area contributed by atoms with E-state index in [0.29, 0.717) is 29.9 Å². The van der Waals surface area contributed by atoms with Gasteiger partial charge in [0.25, 0.3) is 5.91 Å². The van der Waals surface area contributed by atoms with Crippen LogP contribution in [0.4, 0.5) is 0 Å². The molecule has 0 aliphatic carbocycles. The molecule has 1 fully saturated rings. The topological polar surface area (TPSA) is 41.6 Å². The van der Waals surface area contributed by atoms with Gasteiger partial charge in [0.05, 0.1) is 0 Å². The minimum atomic E-state index is -0.571. The number of carbonyl (C=O) groups excluding carboxylic acids is 1. The van der Waals surface area contributed by atoms with Gasteiger partial charge in [0.2, 0.25) is 0 Å². The van der Waals surface area contributed by atoms with E-state index in [0.717, 1.165) is 24.9 Å². The lowest BCUT2D eigenvalue weighted by atomic mass is 10.1. The van der Waals surface area contributed by atoms with Gasteiger partial charge in [-0.2, -0.15) is 0 Å². The summed E-state index contributed by atoms with van der Waals surface area (Å²) in [5, 5.41) is 4.07. The first-order valence-electron chi connectivity index (χ1n) is 9.10. The normalized spacial score (nSPS) is 17.7. The smallest absolute Gasteiger partial charge is 0.263 e. The van der Waals surface area contributed by atoms with Crippen molar-refractivity contribution in [3.05, 3.63) is 65.2 Å². The third kappa shape index (κ3) is 5.23.